The molecule has 0 saturated carbocycles. The van der Waals surface area contributed by atoms with Gasteiger partial charge in [-0.1, -0.05) is 11.6 Å². The van der Waals surface area contributed by atoms with Gasteiger partial charge in [0.25, 0.3) is 0 Å². The highest BCUT2D eigenvalue weighted by atomic mass is 79.9. The summed E-state index contributed by atoms with van der Waals surface area (Å²) in [5.41, 5.74) is 1.54. The van der Waals surface area contributed by atoms with Crippen LogP contribution in [0.3, 0.4) is 0 Å². The van der Waals surface area contributed by atoms with Crippen LogP contribution in [0.4, 0.5) is 0 Å². The Morgan fingerprint density at radius 2 is 2.07 bits per heavy atom. The average molecular weight is 288 g/mol. The maximum absolute atomic E-state index is 5.98. The third kappa shape index (κ3) is 1.92. The molecule has 15 heavy (non-hydrogen) atoms. The Balaban J connectivity index is 2.68. The summed E-state index contributed by atoms with van der Waals surface area (Å²) in [6, 6.07) is 1.82. The Morgan fingerprint density at radius 1 is 1.33 bits per heavy atom. The number of hydrogen-bond acceptors (Lipinski definition) is 3. The fraction of sp³-hybridized carbons (Fsp3) is 0.200. The van der Waals surface area contributed by atoms with E-state index in [2.05, 4.69) is 25.9 Å². The molecule has 0 N–H and O–H groups in total. The first kappa shape index (κ1) is 10.6. The predicted octanol–water partition coefficient (Wildman–Crippen LogP) is 3.77. The molecule has 5 heteroatoms. The van der Waals surface area contributed by atoms with Crippen molar-refractivity contribution in [1.29, 1.82) is 0 Å². The third-order valence-corrected chi connectivity index (χ3v) is 3.02. The van der Waals surface area contributed by atoms with Crippen LogP contribution in [0.25, 0.3) is 11.5 Å². The zero-order chi connectivity index (χ0) is 11.0. The topological polar surface area (TPSA) is 38.9 Å². The van der Waals surface area contributed by atoms with Crippen LogP contribution in [0, 0.1) is 13.8 Å². The molecule has 2 aromatic rings. The van der Waals surface area contributed by atoms with Crippen LogP contribution in [0.15, 0.2) is 21.2 Å². The van der Waals surface area contributed by atoms with Crippen molar-refractivity contribution in [3.63, 3.8) is 0 Å². The van der Waals surface area contributed by atoms with E-state index in [4.69, 9.17) is 16.0 Å². The van der Waals surface area contributed by atoms with Gasteiger partial charge in [0, 0.05) is 5.56 Å². The van der Waals surface area contributed by atoms with Gasteiger partial charge in [-0.25, -0.2) is 9.97 Å². The van der Waals surface area contributed by atoms with Gasteiger partial charge >= 0.3 is 0 Å². The molecule has 0 spiro atoms. The number of hydrogen-bond donors (Lipinski definition) is 0. The second-order valence-electron chi connectivity index (χ2n) is 3.13. The second kappa shape index (κ2) is 3.94. The molecule has 2 rings (SSSR count). The van der Waals surface area contributed by atoms with E-state index in [0.717, 1.165) is 15.7 Å². The van der Waals surface area contributed by atoms with E-state index in [0.29, 0.717) is 16.7 Å². The van der Waals surface area contributed by atoms with Crippen LogP contribution in [-0.2, 0) is 0 Å². The van der Waals surface area contributed by atoms with Gasteiger partial charge in [-0.15, -0.1) is 0 Å². The molecule has 0 amide bonds. The van der Waals surface area contributed by atoms with Crippen molar-refractivity contribution in [3.05, 3.63) is 33.3 Å². The molecular weight excluding hydrogens is 279 g/mol. The zero-order valence-electron chi connectivity index (χ0n) is 8.21. The Labute approximate surface area is 101 Å². The molecular formula is C10H8BrClN2O. The number of nitrogens with zero attached hydrogens (tertiary/aromatic N) is 2. The summed E-state index contributed by atoms with van der Waals surface area (Å²) in [6.07, 6.45) is 1.60. The van der Waals surface area contributed by atoms with Gasteiger partial charge in [-0.2, -0.15) is 0 Å². The molecule has 0 aliphatic heterocycles. The van der Waals surface area contributed by atoms with Gasteiger partial charge < -0.3 is 4.42 Å². The molecule has 2 aromatic heterocycles. The van der Waals surface area contributed by atoms with Gasteiger partial charge in [-0.3, -0.25) is 0 Å². The fourth-order valence-electron chi connectivity index (χ4n) is 1.28. The Bertz CT molecular complexity index is 510. The van der Waals surface area contributed by atoms with Gasteiger partial charge in [0.2, 0.25) is 0 Å². The molecule has 2 heterocycles. The quantitative estimate of drug-likeness (QED) is 0.749. The van der Waals surface area contributed by atoms with E-state index in [1.54, 1.807) is 13.2 Å². The lowest BCUT2D eigenvalue weighted by atomic mass is 10.2. The van der Waals surface area contributed by atoms with Crippen molar-refractivity contribution >= 4 is 27.5 Å². The van der Waals surface area contributed by atoms with E-state index in [1.807, 2.05) is 13.0 Å². The molecule has 0 radical (unpaired) electrons. The number of halogens is 2. The lowest BCUT2D eigenvalue weighted by Crippen LogP contribution is -1.96. The fourth-order valence-corrected chi connectivity index (χ4v) is 1.88. The molecule has 0 aromatic carbocycles. The Kier molecular flexibility index (Phi) is 2.80. The summed E-state index contributed by atoms with van der Waals surface area (Å²) < 4.78 is 6.21. The van der Waals surface area contributed by atoms with Gasteiger partial charge in [0.05, 0.1) is 10.7 Å². The van der Waals surface area contributed by atoms with E-state index in [-0.39, 0.29) is 0 Å². The molecule has 0 saturated heterocycles. The second-order valence-corrected chi connectivity index (χ2v) is 4.35. The minimum atomic E-state index is 0.459. The summed E-state index contributed by atoms with van der Waals surface area (Å²) in [4.78, 5) is 8.39. The zero-order valence-corrected chi connectivity index (χ0v) is 10.6. The van der Waals surface area contributed by atoms with Crippen LogP contribution in [0.2, 0.25) is 5.15 Å². The lowest BCUT2D eigenvalue weighted by Gasteiger charge is -2.05. The molecule has 0 unspecified atom stereocenters. The van der Waals surface area contributed by atoms with Crippen LogP contribution >= 0.6 is 27.5 Å². The smallest absolute Gasteiger partial charge is 0.166 e. The molecule has 0 aliphatic rings. The summed E-state index contributed by atoms with van der Waals surface area (Å²) in [6.45, 7) is 3.66. The Hall–Kier alpha value is -0.870. The van der Waals surface area contributed by atoms with E-state index < -0.39 is 0 Å². The third-order valence-electron chi connectivity index (χ3n) is 2.03. The highest BCUT2D eigenvalue weighted by Gasteiger charge is 2.14. The van der Waals surface area contributed by atoms with Gasteiger partial charge in [-0.05, 0) is 35.8 Å². The van der Waals surface area contributed by atoms with Crippen molar-refractivity contribution in [2.45, 2.75) is 13.8 Å². The Morgan fingerprint density at radius 3 is 2.67 bits per heavy atom. The molecule has 0 bridgehead atoms. The van der Waals surface area contributed by atoms with Crippen molar-refractivity contribution in [2.24, 2.45) is 0 Å². The maximum atomic E-state index is 5.98. The largest absolute Gasteiger partial charge is 0.461 e. The van der Waals surface area contributed by atoms with Crippen LogP contribution in [0.1, 0.15) is 11.4 Å². The number of aryl methyl sites for hydroxylation is 1. The van der Waals surface area contributed by atoms with Gasteiger partial charge in [0.1, 0.15) is 16.7 Å². The number of furan rings is 1. The number of aromatic nitrogens is 2. The minimum Gasteiger partial charge on any atom is -0.461 e. The highest BCUT2D eigenvalue weighted by molar-refractivity contribution is 9.10. The average Bonchev–Trinajstić information content (AvgIpc) is 2.58. The first-order valence-corrected chi connectivity index (χ1v) is 5.51. The maximum Gasteiger partial charge on any atom is 0.166 e. The van der Waals surface area contributed by atoms with E-state index >= 15 is 0 Å². The summed E-state index contributed by atoms with van der Waals surface area (Å²) in [7, 11) is 0. The highest BCUT2D eigenvalue weighted by Crippen LogP contribution is 2.31. The van der Waals surface area contributed by atoms with E-state index in [1.165, 1.54) is 0 Å². The monoisotopic (exact) mass is 286 g/mol. The van der Waals surface area contributed by atoms with Crippen molar-refractivity contribution in [3.8, 4) is 11.5 Å². The first-order chi connectivity index (χ1) is 7.09. The molecule has 3 nitrogen and oxygen atoms in total. The lowest BCUT2D eigenvalue weighted by molar-refractivity contribution is 0.577. The van der Waals surface area contributed by atoms with Crippen LogP contribution < -0.4 is 0 Å². The SMILES string of the molecule is Cc1nc(Cl)c(C)c(-c2occc2Br)n1. The summed E-state index contributed by atoms with van der Waals surface area (Å²) >= 11 is 9.37. The standard InChI is InChI=1S/C10H8BrClN2O/c1-5-8(9-7(11)3-4-15-9)13-6(2)14-10(5)12/h3-4H,1-2H3. The van der Waals surface area contributed by atoms with Crippen LogP contribution in [0.5, 0.6) is 0 Å². The number of rotatable bonds is 1. The van der Waals surface area contributed by atoms with Gasteiger partial charge in [0.15, 0.2) is 5.76 Å². The predicted molar refractivity (Wildman–Crippen MR) is 61.9 cm³/mol. The van der Waals surface area contributed by atoms with E-state index in [9.17, 15) is 0 Å². The summed E-state index contributed by atoms with van der Waals surface area (Å²) in [5, 5.41) is 0.459. The van der Waals surface area contributed by atoms with Crippen molar-refractivity contribution in [1.82, 2.24) is 9.97 Å². The molecule has 78 valence electrons. The normalized spacial score (nSPS) is 10.7. The van der Waals surface area contributed by atoms with Crippen molar-refractivity contribution in [2.75, 3.05) is 0 Å². The van der Waals surface area contributed by atoms with Crippen molar-refractivity contribution < 1.29 is 4.42 Å². The van der Waals surface area contributed by atoms with Crippen LogP contribution in [-0.4, -0.2) is 9.97 Å². The minimum absolute atomic E-state index is 0.459. The molecule has 0 fully saturated rings. The summed E-state index contributed by atoms with van der Waals surface area (Å²) in [5.74, 6) is 1.31. The molecule has 0 atom stereocenters. The molecule has 0 aliphatic carbocycles. The first-order valence-electron chi connectivity index (χ1n) is 4.33.